The predicted molar refractivity (Wildman–Crippen MR) is 118 cm³/mol. The van der Waals surface area contributed by atoms with Crippen LogP contribution in [0.1, 0.15) is 45.7 Å². The smallest absolute Gasteiger partial charge is 0.357 e. The van der Waals surface area contributed by atoms with Crippen LogP contribution in [0.2, 0.25) is 0 Å². The summed E-state index contributed by atoms with van der Waals surface area (Å²) < 4.78 is 38.8. The molecule has 0 aromatic carbocycles. The fourth-order valence-electron chi connectivity index (χ4n) is 6.38. The zero-order chi connectivity index (χ0) is 23.5. The van der Waals surface area contributed by atoms with Crippen molar-refractivity contribution in [3.8, 4) is 22.5 Å². The number of amides is 1. The molecule has 1 amide bonds. The minimum atomic E-state index is -4.48. The van der Waals surface area contributed by atoms with E-state index in [-0.39, 0.29) is 16.9 Å². The maximum absolute atomic E-state index is 13.2. The molecule has 0 radical (unpaired) electrons. The first-order chi connectivity index (χ1) is 16.2. The van der Waals surface area contributed by atoms with E-state index < -0.39 is 11.9 Å². The van der Waals surface area contributed by atoms with E-state index in [2.05, 4.69) is 32.2 Å². The van der Waals surface area contributed by atoms with E-state index >= 15 is 0 Å². The molecule has 1 saturated carbocycles. The molecule has 1 saturated heterocycles. The SMILES string of the molecule is CN1CC2(C1)c1[nH]c3c(c1C(=O)NC21CC1)CCc1cnc(-c2ccc(C(F)(F)F)nc2)cc1-3. The van der Waals surface area contributed by atoms with Crippen LogP contribution in [0.3, 0.4) is 0 Å². The van der Waals surface area contributed by atoms with Gasteiger partial charge in [-0.1, -0.05) is 0 Å². The number of rotatable bonds is 1. The number of alkyl halides is 3. The Morgan fingerprint density at radius 2 is 1.88 bits per heavy atom. The van der Waals surface area contributed by atoms with Crippen LogP contribution < -0.4 is 5.32 Å². The zero-order valence-corrected chi connectivity index (χ0v) is 18.5. The van der Waals surface area contributed by atoms with E-state index in [1.165, 1.54) is 12.3 Å². The Kier molecular flexibility index (Phi) is 3.72. The number of nitrogens with zero attached hydrogens (tertiary/aromatic N) is 3. The van der Waals surface area contributed by atoms with Crippen molar-refractivity contribution in [1.82, 2.24) is 25.2 Å². The zero-order valence-electron chi connectivity index (χ0n) is 18.5. The van der Waals surface area contributed by atoms with Gasteiger partial charge in [0.05, 0.1) is 27.9 Å². The molecule has 9 heteroatoms. The second kappa shape index (κ2) is 6.27. The van der Waals surface area contributed by atoms with Gasteiger partial charge in [0.1, 0.15) is 5.69 Å². The van der Waals surface area contributed by atoms with Crippen molar-refractivity contribution in [3.63, 3.8) is 0 Å². The Labute approximate surface area is 193 Å². The molecule has 2 fully saturated rings. The summed E-state index contributed by atoms with van der Waals surface area (Å²) in [6, 6.07) is 4.28. The molecule has 7 rings (SSSR count). The van der Waals surface area contributed by atoms with Gasteiger partial charge in [-0.15, -0.1) is 0 Å². The molecule has 6 nitrogen and oxygen atoms in total. The molecule has 3 aromatic rings. The Morgan fingerprint density at radius 3 is 2.53 bits per heavy atom. The molecule has 2 spiro atoms. The number of hydrogen-bond donors (Lipinski definition) is 2. The summed E-state index contributed by atoms with van der Waals surface area (Å²) in [5.41, 5.74) is 5.77. The van der Waals surface area contributed by atoms with Gasteiger partial charge in [-0.2, -0.15) is 13.2 Å². The van der Waals surface area contributed by atoms with Crippen LogP contribution in [-0.4, -0.2) is 51.4 Å². The molecule has 34 heavy (non-hydrogen) atoms. The van der Waals surface area contributed by atoms with Crippen molar-refractivity contribution in [3.05, 3.63) is 58.7 Å². The summed E-state index contributed by atoms with van der Waals surface area (Å²) in [4.78, 5) is 27.3. The topological polar surface area (TPSA) is 73.9 Å². The summed E-state index contributed by atoms with van der Waals surface area (Å²) >= 11 is 0. The molecular weight excluding hydrogens is 443 g/mol. The van der Waals surface area contributed by atoms with Gasteiger partial charge in [0.15, 0.2) is 0 Å². The second-order valence-corrected chi connectivity index (χ2v) is 10.2. The minimum absolute atomic E-state index is 0.00912. The van der Waals surface area contributed by atoms with E-state index in [0.717, 1.165) is 78.5 Å². The fraction of sp³-hybridized carbons (Fsp3) is 0.400. The molecule has 5 heterocycles. The summed E-state index contributed by atoms with van der Waals surface area (Å²) in [5.74, 6) is 0.00912. The second-order valence-electron chi connectivity index (χ2n) is 10.2. The number of aromatic nitrogens is 3. The van der Waals surface area contributed by atoms with Crippen molar-refractivity contribution in [1.29, 1.82) is 0 Å². The van der Waals surface area contributed by atoms with Gasteiger partial charge in [0.2, 0.25) is 0 Å². The maximum atomic E-state index is 13.2. The number of carbonyl (C=O) groups is 1. The molecule has 0 unspecified atom stereocenters. The Hall–Kier alpha value is -3.20. The lowest BCUT2D eigenvalue weighted by molar-refractivity contribution is -0.141. The number of fused-ring (bicyclic) bond motifs is 7. The molecule has 2 N–H and O–H groups in total. The van der Waals surface area contributed by atoms with Gasteiger partial charge in [0.25, 0.3) is 5.91 Å². The van der Waals surface area contributed by atoms with Gasteiger partial charge in [-0.3, -0.25) is 14.8 Å². The van der Waals surface area contributed by atoms with E-state index in [1.54, 1.807) is 6.20 Å². The summed E-state index contributed by atoms with van der Waals surface area (Å²) in [5, 5.41) is 3.35. The lowest BCUT2D eigenvalue weighted by atomic mass is 9.65. The van der Waals surface area contributed by atoms with E-state index in [1.807, 2.05) is 6.07 Å². The van der Waals surface area contributed by atoms with Crippen molar-refractivity contribution < 1.29 is 18.0 Å². The highest BCUT2D eigenvalue weighted by molar-refractivity contribution is 6.02. The predicted octanol–water partition coefficient (Wildman–Crippen LogP) is 3.72. The Balaban J connectivity index is 1.35. The van der Waals surface area contributed by atoms with Gasteiger partial charge < -0.3 is 15.2 Å². The Morgan fingerprint density at radius 1 is 1.09 bits per heavy atom. The Bertz CT molecular complexity index is 1360. The van der Waals surface area contributed by atoms with Crippen molar-refractivity contribution in [2.75, 3.05) is 20.1 Å². The van der Waals surface area contributed by atoms with Crippen LogP contribution in [0.4, 0.5) is 13.2 Å². The number of aryl methyl sites for hydroxylation is 1. The quantitative estimate of drug-likeness (QED) is 0.575. The number of hydrogen-bond acceptors (Lipinski definition) is 4. The number of pyridine rings is 2. The van der Waals surface area contributed by atoms with Crippen LogP contribution in [0.25, 0.3) is 22.5 Å². The van der Waals surface area contributed by atoms with Crippen LogP contribution in [0.5, 0.6) is 0 Å². The monoisotopic (exact) mass is 465 g/mol. The fourth-order valence-corrected chi connectivity index (χ4v) is 6.38. The maximum Gasteiger partial charge on any atom is 0.433 e. The van der Waals surface area contributed by atoms with Crippen molar-refractivity contribution >= 4 is 5.91 Å². The number of halogens is 3. The number of nitrogens with one attached hydrogen (secondary N) is 2. The van der Waals surface area contributed by atoms with Crippen LogP contribution in [-0.2, 0) is 24.4 Å². The lowest BCUT2D eigenvalue weighted by Crippen LogP contribution is -2.71. The molecule has 2 aliphatic carbocycles. The van der Waals surface area contributed by atoms with Crippen molar-refractivity contribution in [2.24, 2.45) is 0 Å². The van der Waals surface area contributed by atoms with Gasteiger partial charge >= 0.3 is 6.18 Å². The van der Waals surface area contributed by atoms with E-state index in [9.17, 15) is 18.0 Å². The average molecular weight is 465 g/mol. The van der Waals surface area contributed by atoms with Gasteiger partial charge in [-0.05, 0) is 62.1 Å². The molecule has 4 aliphatic rings. The number of likely N-dealkylation sites (tertiary alicyclic amines) is 1. The molecule has 3 aromatic heterocycles. The summed E-state index contributed by atoms with van der Waals surface area (Å²) in [6.45, 7) is 1.82. The summed E-state index contributed by atoms with van der Waals surface area (Å²) in [7, 11) is 2.10. The highest BCUT2D eigenvalue weighted by atomic mass is 19.4. The average Bonchev–Trinajstić information content (AvgIpc) is 3.44. The number of likely N-dealkylation sites (N-methyl/N-ethyl adjacent to an activating group) is 1. The first-order valence-corrected chi connectivity index (χ1v) is 11.5. The van der Waals surface area contributed by atoms with Crippen LogP contribution >= 0.6 is 0 Å². The number of aromatic amines is 1. The number of carbonyl (C=O) groups excluding carboxylic acids is 1. The number of H-pyrrole nitrogens is 1. The van der Waals surface area contributed by atoms with Crippen LogP contribution in [0.15, 0.2) is 30.6 Å². The first kappa shape index (κ1) is 20.2. The highest BCUT2D eigenvalue weighted by Crippen LogP contribution is 2.59. The molecule has 0 atom stereocenters. The third-order valence-corrected chi connectivity index (χ3v) is 8.16. The molecular formula is C25H22F3N5O. The van der Waals surface area contributed by atoms with Gasteiger partial charge in [0, 0.05) is 42.3 Å². The highest BCUT2D eigenvalue weighted by Gasteiger charge is 2.69. The summed E-state index contributed by atoms with van der Waals surface area (Å²) in [6.07, 6.45) is 2.04. The normalized spacial score (nSPS) is 21.5. The van der Waals surface area contributed by atoms with E-state index in [4.69, 9.17) is 0 Å². The standard InChI is InChI=1S/C25H22F3N5O/c1-33-11-23(12-33)21-19(22(34)32-24(23)6-7-24)15-4-2-13-9-29-17(8-16(13)20(15)31-21)14-3-5-18(30-10-14)25(26,27)28/h3,5,8-10,31H,2,4,6-7,11-12H2,1H3,(H,32,34). The minimum Gasteiger partial charge on any atom is -0.357 e. The largest absolute Gasteiger partial charge is 0.433 e. The third-order valence-electron chi connectivity index (χ3n) is 8.16. The first-order valence-electron chi connectivity index (χ1n) is 11.5. The lowest BCUT2D eigenvalue weighted by Gasteiger charge is -2.55. The molecule has 2 aliphatic heterocycles. The van der Waals surface area contributed by atoms with Gasteiger partial charge in [-0.25, -0.2) is 0 Å². The molecule has 0 bridgehead atoms. The van der Waals surface area contributed by atoms with Crippen LogP contribution in [0, 0.1) is 0 Å². The van der Waals surface area contributed by atoms with E-state index in [0.29, 0.717) is 11.3 Å². The van der Waals surface area contributed by atoms with Crippen molar-refractivity contribution in [2.45, 2.75) is 42.8 Å². The molecule has 174 valence electrons. The third kappa shape index (κ3) is 2.53.